The Morgan fingerprint density at radius 2 is 2.06 bits per heavy atom. The molecule has 1 aliphatic rings. The molecule has 17 heavy (non-hydrogen) atoms. The van der Waals surface area contributed by atoms with Crippen LogP contribution in [-0.2, 0) is 11.3 Å². The number of hydrogen-bond acceptors (Lipinski definition) is 3. The predicted molar refractivity (Wildman–Crippen MR) is 67.7 cm³/mol. The Hall–Kier alpha value is -0.900. The Kier molecular flexibility index (Phi) is 4.98. The van der Waals surface area contributed by atoms with Gasteiger partial charge in [-0.05, 0) is 30.9 Å². The van der Waals surface area contributed by atoms with Crippen molar-refractivity contribution in [3.63, 3.8) is 0 Å². The van der Waals surface area contributed by atoms with Gasteiger partial charge in [0.1, 0.15) is 0 Å². The van der Waals surface area contributed by atoms with E-state index in [9.17, 15) is 5.11 Å². The van der Waals surface area contributed by atoms with E-state index in [1.165, 1.54) is 12.8 Å². The topological polar surface area (TPSA) is 41.5 Å². The zero-order chi connectivity index (χ0) is 11.9. The fourth-order valence-electron chi connectivity index (χ4n) is 1.72. The molecule has 0 radical (unpaired) electrons. The molecule has 3 nitrogen and oxygen atoms in total. The smallest absolute Gasteiger partial charge is 0.0897 e. The van der Waals surface area contributed by atoms with E-state index < -0.39 is 6.10 Å². The van der Waals surface area contributed by atoms with Crippen molar-refractivity contribution < 1.29 is 9.84 Å². The highest BCUT2D eigenvalue weighted by Gasteiger charge is 2.20. The van der Waals surface area contributed by atoms with Gasteiger partial charge in [0, 0.05) is 6.54 Å². The van der Waals surface area contributed by atoms with E-state index in [4.69, 9.17) is 4.74 Å². The van der Waals surface area contributed by atoms with Gasteiger partial charge in [-0.2, -0.15) is 0 Å². The average Bonchev–Trinajstić information content (AvgIpc) is 3.14. The van der Waals surface area contributed by atoms with Gasteiger partial charge in [-0.1, -0.05) is 30.3 Å². The van der Waals surface area contributed by atoms with Crippen LogP contribution in [0, 0.1) is 5.92 Å². The fraction of sp³-hybridized carbons (Fsp3) is 0.571. The van der Waals surface area contributed by atoms with Gasteiger partial charge in [-0.3, -0.25) is 0 Å². The highest BCUT2D eigenvalue weighted by Crippen LogP contribution is 2.27. The Balaban J connectivity index is 1.51. The molecule has 0 unspecified atom stereocenters. The van der Waals surface area contributed by atoms with Gasteiger partial charge < -0.3 is 15.2 Å². The van der Waals surface area contributed by atoms with Crippen molar-refractivity contribution in [3.8, 4) is 0 Å². The first-order valence-corrected chi connectivity index (χ1v) is 6.35. The summed E-state index contributed by atoms with van der Waals surface area (Å²) < 4.78 is 5.46. The van der Waals surface area contributed by atoms with E-state index in [-0.39, 0.29) is 0 Å². The lowest BCUT2D eigenvalue weighted by Gasteiger charge is -2.12. The minimum Gasteiger partial charge on any atom is -0.389 e. The summed E-state index contributed by atoms with van der Waals surface area (Å²) in [6, 6.07) is 10.0. The molecule has 0 saturated heterocycles. The second kappa shape index (κ2) is 6.74. The first kappa shape index (κ1) is 12.6. The van der Waals surface area contributed by atoms with E-state index in [0.29, 0.717) is 19.8 Å². The zero-order valence-electron chi connectivity index (χ0n) is 10.1. The standard InChI is InChI=1S/C14H21NO2/c16-14(9-15-8-12-6-7-12)11-17-10-13-4-2-1-3-5-13/h1-5,12,14-16H,6-11H2/t14-/m0/s1. The molecule has 2 N–H and O–H groups in total. The number of hydrogen-bond donors (Lipinski definition) is 2. The van der Waals surface area contributed by atoms with Gasteiger partial charge in [0.2, 0.25) is 0 Å². The molecule has 2 rings (SSSR count). The quantitative estimate of drug-likeness (QED) is 0.718. The van der Waals surface area contributed by atoms with Gasteiger partial charge in [0.05, 0.1) is 19.3 Å². The van der Waals surface area contributed by atoms with Crippen LogP contribution in [0.2, 0.25) is 0 Å². The van der Waals surface area contributed by atoms with Crippen molar-refractivity contribution in [2.75, 3.05) is 19.7 Å². The molecule has 0 amide bonds. The molecular weight excluding hydrogens is 214 g/mol. The Morgan fingerprint density at radius 1 is 1.29 bits per heavy atom. The van der Waals surface area contributed by atoms with Gasteiger partial charge >= 0.3 is 0 Å². The third-order valence-electron chi connectivity index (χ3n) is 2.93. The lowest BCUT2D eigenvalue weighted by Crippen LogP contribution is -2.31. The van der Waals surface area contributed by atoms with Crippen molar-refractivity contribution in [3.05, 3.63) is 35.9 Å². The summed E-state index contributed by atoms with van der Waals surface area (Å²) in [4.78, 5) is 0. The van der Waals surface area contributed by atoms with Gasteiger partial charge in [-0.15, -0.1) is 0 Å². The van der Waals surface area contributed by atoms with Crippen molar-refractivity contribution in [2.45, 2.75) is 25.6 Å². The van der Waals surface area contributed by atoms with Crippen LogP contribution >= 0.6 is 0 Å². The van der Waals surface area contributed by atoms with Crippen LogP contribution in [-0.4, -0.2) is 30.9 Å². The third kappa shape index (κ3) is 5.31. The van der Waals surface area contributed by atoms with Crippen LogP contribution < -0.4 is 5.32 Å². The molecular formula is C14H21NO2. The molecule has 0 heterocycles. The van der Waals surface area contributed by atoms with Crippen molar-refractivity contribution in [1.29, 1.82) is 0 Å². The summed E-state index contributed by atoms with van der Waals surface area (Å²) in [6.07, 6.45) is 2.28. The molecule has 1 fully saturated rings. The largest absolute Gasteiger partial charge is 0.389 e. The number of aliphatic hydroxyl groups excluding tert-OH is 1. The third-order valence-corrected chi connectivity index (χ3v) is 2.93. The van der Waals surface area contributed by atoms with Gasteiger partial charge in [0.25, 0.3) is 0 Å². The van der Waals surface area contributed by atoms with Crippen molar-refractivity contribution in [1.82, 2.24) is 5.32 Å². The van der Waals surface area contributed by atoms with E-state index >= 15 is 0 Å². The van der Waals surface area contributed by atoms with Crippen molar-refractivity contribution >= 4 is 0 Å². The van der Waals surface area contributed by atoms with Crippen LogP contribution in [0.1, 0.15) is 18.4 Å². The van der Waals surface area contributed by atoms with E-state index in [1.54, 1.807) is 0 Å². The molecule has 94 valence electrons. The minimum atomic E-state index is -0.405. The Morgan fingerprint density at radius 3 is 2.76 bits per heavy atom. The number of nitrogens with one attached hydrogen (secondary N) is 1. The first-order valence-electron chi connectivity index (χ1n) is 6.35. The highest BCUT2D eigenvalue weighted by atomic mass is 16.5. The molecule has 0 aromatic heterocycles. The monoisotopic (exact) mass is 235 g/mol. The van der Waals surface area contributed by atoms with Gasteiger partial charge in [0.15, 0.2) is 0 Å². The molecule has 1 aliphatic carbocycles. The number of aliphatic hydroxyl groups is 1. The summed E-state index contributed by atoms with van der Waals surface area (Å²) in [7, 11) is 0. The van der Waals surface area contributed by atoms with Crippen LogP contribution in [0.4, 0.5) is 0 Å². The molecule has 3 heteroatoms. The maximum Gasteiger partial charge on any atom is 0.0897 e. The number of ether oxygens (including phenoxy) is 1. The zero-order valence-corrected chi connectivity index (χ0v) is 10.1. The normalized spacial score (nSPS) is 17.0. The van der Waals surface area contributed by atoms with E-state index in [1.807, 2.05) is 30.3 Å². The average molecular weight is 235 g/mol. The molecule has 0 spiro atoms. The van der Waals surface area contributed by atoms with Crippen molar-refractivity contribution in [2.24, 2.45) is 5.92 Å². The maximum atomic E-state index is 9.67. The second-order valence-corrected chi connectivity index (χ2v) is 4.76. The van der Waals surface area contributed by atoms with E-state index in [2.05, 4.69) is 5.32 Å². The predicted octanol–water partition coefficient (Wildman–Crippen LogP) is 1.56. The summed E-state index contributed by atoms with van der Waals surface area (Å²) >= 11 is 0. The van der Waals surface area contributed by atoms with E-state index in [0.717, 1.165) is 18.0 Å². The van der Waals surface area contributed by atoms with Crippen LogP contribution in [0.15, 0.2) is 30.3 Å². The Labute approximate surface area is 103 Å². The molecule has 1 aromatic rings. The lowest BCUT2D eigenvalue weighted by molar-refractivity contribution is 0.0288. The Bertz CT molecular complexity index is 311. The molecule has 1 saturated carbocycles. The summed E-state index contributed by atoms with van der Waals surface area (Å²) in [5.41, 5.74) is 1.14. The van der Waals surface area contributed by atoms with Crippen LogP contribution in [0.25, 0.3) is 0 Å². The second-order valence-electron chi connectivity index (χ2n) is 4.76. The fourth-order valence-corrected chi connectivity index (χ4v) is 1.72. The summed E-state index contributed by atoms with van der Waals surface area (Å²) in [5, 5.41) is 12.9. The minimum absolute atomic E-state index is 0.395. The highest BCUT2D eigenvalue weighted by molar-refractivity contribution is 5.13. The first-order chi connectivity index (χ1) is 8.34. The summed E-state index contributed by atoms with van der Waals surface area (Å²) in [5.74, 6) is 0.854. The molecule has 0 bridgehead atoms. The number of rotatable bonds is 8. The lowest BCUT2D eigenvalue weighted by atomic mass is 10.2. The molecule has 0 aliphatic heterocycles. The van der Waals surface area contributed by atoms with Crippen LogP contribution in [0.3, 0.4) is 0 Å². The maximum absolute atomic E-state index is 9.67. The molecule has 1 aromatic carbocycles. The SMILES string of the molecule is O[C@@H](CNCC1CC1)COCc1ccccc1. The van der Waals surface area contributed by atoms with Crippen LogP contribution in [0.5, 0.6) is 0 Å². The number of benzene rings is 1. The van der Waals surface area contributed by atoms with Gasteiger partial charge in [-0.25, -0.2) is 0 Å². The summed E-state index contributed by atoms with van der Waals surface area (Å²) in [6.45, 7) is 2.63. The molecule has 1 atom stereocenters.